The molecule has 1 aromatic heterocycles. The summed E-state index contributed by atoms with van der Waals surface area (Å²) in [5, 5.41) is 1.85. The molecule has 0 radical (unpaired) electrons. The van der Waals surface area contributed by atoms with Crippen LogP contribution in [0.4, 0.5) is 13.2 Å². The van der Waals surface area contributed by atoms with Crippen LogP contribution in [-0.2, 0) is 19.4 Å². The highest BCUT2D eigenvalue weighted by Gasteiger charge is 2.33. The number of alkyl halides is 3. The molecule has 0 fully saturated rings. The summed E-state index contributed by atoms with van der Waals surface area (Å²) in [6.45, 7) is 0.926. The van der Waals surface area contributed by atoms with Gasteiger partial charge in [-0.3, -0.25) is 0 Å². The van der Waals surface area contributed by atoms with Gasteiger partial charge in [0.1, 0.15) is 5.75 Å². The third-order valence-electron chi connectivity index (χ3n) is 6.78. The third kappa shape index (κ3) is 4.51. The SMILES string of the molecule is COc1ccc2c(Cc3ccc(OC(F)(F)F)cc3)c3[n+](cc2c1OC)CCc1cc2c(cc1-3)OCO2.[Cl-]. The molecule has 0 amide bonds. The number of nitrogens with zero attached hydrogens (tertiary/aromatic N) is 1. The Morgan fingerprint density at radius 1 is 0.921 bits per heavy atom. The molecule has 38 heavy (non-hydrogen) atoms. The van der Waals surface area contributed by atoms with Crippen molar-refractivity contribution in [3.63, 3.8) is 0 Å². The molecule has 10 heteroatoms. The van der Waals surface area contributed by atoms with Gasteiger partial charge >= 0.3 is 6.36 Å². The van der Waals surface area contributed by atoms with Crippen LogP contribution in [0.5, 0.6) is 28.7 Å². The Kier molecular flexibility index (Phi) is 6.65. The zero-order chi connectivity index (χ0) is 25.7. The average molecular weight is 546 g/mol. The van der Waals surface area contributed by atoms with Gasteiger partial charge in [-0.25, -0.2) is 0 Å². The fraction of sp³-hybridized carbons (Fsp3) is 0.250. The van der Waals surface area contributed by atoms with E-state index in [0.29, 0.717) is 23.7 Å². The fourth-order valence-corrected chi connectivity index (χ4v) is 5.20. The van der Waals surface area contributed by atoms with Gasteiger partial charge in [0.05, 0.1) is 25.2 Å². The summed E-state index contributed by atoms with van der Waals surface area (Å²) < 4.78 is 66.8. The molecule has 0 spiro atoms. The zero-order valence-corrected chi connectivity index (χ0v) is 21.3. The van der Waals surface area contributed by atoms with E-state index in [2.05, 4.69) is 15.5 Å². The third-order valence-corrected chi connectivity index (χ3v) is 6.78. The van der Waals surface area contributed by atoms with Crippen molar-refractivity contribution in [1.82, 2.24) is 0 Å². The van der Waals surface area contributed by atoms with Crippen LogP contribution in [0.1, 0.15) is 16.7 Å². The summed E-state index contributed by atoms with van der Waals surface area (Å²) in [7, 11) is 3.20. The Labute approximate surface area is 222 Å². The molecule has 2 aliphatic rings. The maximum atomic E-state index is 12.7. The van der Waals surface area contributed by atoms with Crippen LogP contribution < -0.4 is 40.7 Å². The van der Waals surface area contributed by atoms with E-state index in [0.717, 1.165) is 57.4 Å². The predicted octanol–water partition coefficient (Wildman–Crippen LogP) is 2.59. The molecule has 3 aromatic carbocycles. The number of methoxy groups -OCH3 is 2. The number of fused-ring (bicyclic) bond motifs is 5. The highest BCUT2D eigenvalue weighted by molar-refractivity contribution is 5.95. The molecule has 6 rings (SSSR count). The molecule has 2 aliphatic heterocycles. The van der Waals surface area contributed by atoms with E-state index in [1.165, 1.54) is 12.1 Å². The quantitative estimate of drug-likeness (QED) is 0.361. The summed E-state index contributed by atoms with van der Waals surface area (Å²) >= 11 is 0. The van der Waals surface area contributed by atoms with Crippen molar-refractivity contribution in [3.05, 3.63) is 71.4 Å². The molecule has 4 aromatic rings. The Bertz CT molecular complexity index is 1520. The van der Waals surface area contributed by atoms with Crippen molar-refractivity contribution in [2.75, 3.05) is 21.0 Å². The first-order valence-corrected chi connectivity index (χ1v) is 11.7. The van der Waals surface area contributed by atoms with E-state index in [4.69, 9.17) is 18.9 Å². The number of aryl methyl sites for hydroxylation is 2. The van der Waals surface area contributed by atoms with Gasteiger partial charge in [-0.1, -0.05) is 12.1 Å². The van der Waals surface area contributed by atoms with Gasteiger partial charge in [0, 0.05) is 23.8 Å². The maximum absolute atomic E-state index is 12.7. The number of benzene rings is 3. The van der Waals surface area contributed by atoms with Crippen LogP contribution in [0.25, 0.3) is 22.0 Å². The van der Waals surface area contributed by atoms with Crippen molar-refractivity contribution in [3.8, 4) is 40.0 Å². The minimum Gasteiger partial charge on any atom is -1.00 e. The molecule has 6 nitrogen and oxygen atoms in total. The molecule has 0 N–H and O–H groups in total. The Balaban J connectivity index is 0.00000294. The molecule has 0 saturated carbocycles. The number of ether oxygens (including phenoxy) is 5. The van der Waals surface area contributed by atoms with Crippen molar-refractivity contribution < 1.29 is 53.8 Å². The fourth-order valence-electron chi connectivity index (χ4n) is 5.20. The molecule has 0 bridgehead atoms. The first kappa shape index (κ1) is 25.8. The molecule has 0 aliphatic carbocycles. The second kappa shape index (κ2) is 9.79. The lowest BCUT2D eigenvalue weighted by Crippen LogP contribution is -3.00. The number of hydrogen-bond donors (Lipinski definition) is 0. The first-order chi connectivity index (χ1) is 17.8. The van der Waals surface area contributed by atoms with Crippen molar-refractivity contribution >= 4 is 10.8 Å². The summed E-state index contributed by atoms with van der Waals surface area (Å²) in [5.74, 6) is 2.42. The monoisotopic (exact) mass is 545 g/mol. The minimum absolute atomic E-state index is 0. The van der Waals surface area contributed by atoms with Gasteiger partial charge < -0.3 is 36.1 Å². The van der Waals surface area contributed by atoms with E-state index >= 15 is 0 Å². The van der Waals surface area contributed by atoms with E-state index < -0.39 is 6.36 Å². The molecule has 3 heterocycles. The van der Waals surface area contributed by atoms with Gasteiger partial charge in [0.25, 0.3) is 0 Å². The lowest BCUT2D eigenvalue weighted by molar-refractivity contribution is -0.686. The van der Waals surface area contributed by atoms with Crippen LogP contribution in [0.2, 0.25) is 0 Å². The summed E-state index contributed by atoms with van der Waals surface area (Å²) in [6, 6.07) is 13.9. The van der Waals surface area contributed by atoms with Crippen molar-refractivity contribution in [1.29, 1.82) is 0 Å². The summed E-state index contributed by atoms with van der Waals surface area (Å²) in [5.41, 5.74) is 5.07. The van der Waals surface area contributed by atoms with Crippen LogP contribution in [0.15, 0.2) is 54.7 Å². The second-order valence-electron chi connectivity index (χ2n) is 8.89. The molecule has 0 atom stereocenters. The van der Waals surface area contributed by atoms with Gasteiger partial charge in [-0.2, -0.15) is 4.57 Å². The number of pyridine rings is 1. The zero-order valence-electron chi connectivity index (χ0n) is 20.5. The Hall–Kier alpha value is -3.85. The number of rotatable bonds is 5. The van der Waals surface area contributed by atoms with Gasteiger partial charge in [0.15, 0.2) is 35.7 Å². The van der Waals surface area contributed by atoms with Crippen molar-refractivity contribution in [2.45, 2.75) is 25.7 Å². The number of aromatic nitrogens is 1. The highest BCUT2D eigenvalue weighted by Crippen LogP contribution is 2.44. The second-order valence-corrected chi connectivity index (χ2v) is 8.89. The molecule has 198 valence electrons. The number of halogens is 4. The minimum atomic E-state index is -4.74. The van der Waals surface area contributed by atoms with Crippen LogP contribution in [0.3, 0.4) is 0 Å². The molecule has 0 saturated heterocycles. The van der Waals surface area contributed by atoms with Gasteiger partial charge in [-0.05, 0) is 47.5 Å². The molecule has 0 unspecified atom stereocenters. The predicted molar refractivity (Wildman–Crippen MR) is 128 cm³/mol. The number of hydrogen-bond acceptors (Lipinski definition) is 5. The highest BCUT2D eigenvalue weighted by atomic mass is 35.5. The van der Waals surface area contributed by atoms with Crippen LogP contribution in [0, 0.1) is 0 Å². The molecular weight excluding hydrogens is 523 g/mol. The van der Waals surface area contributed by atoms with E-state index in [-0.39, 0.29) is 24.9 Å². The van der Waals surface area contributed by atoms with Crippen molar-refractivity contribution in [2.24, 2.45) is 0 Å². The van der Waals surface area contributed by atoms with E-state index in [1.807, 2.05) is 24.3 Å². The van der Waals surface area contributed by atoms with Gasteiger partial charge in [0.2, 0.25) is 12.5 Å². The van der Waals surface area contributed by atoms with Crippen LogP contribution >= 0.6 is 0 Å². The summed E-state index contributed by atoms with van der Waals surface area (Å²) in [4.78, 5) is 0. The lowest BCUT2D eigenvalue weighted by atomic mass is 9.88. The van der Waals surface area contributed by atoms with E-state index in [1.54, 1.807) is 26.4 Å². The van der Waals surface area contributed by atoms with E-state index in [9.17, 15) is 13.2 Å². The largest absolute Gasteiger partial charge is 1.00 e. The Morgan fingerprint density at radius 2 is 1.66 bits per heavy atom. The maximum Gasteiger partial charge on any atom is 0.573 e. The smallest absolute Gasteiger partial charge is 0.573 e. The Morgan fingerprint density at radius 3 is 2.34 bits per heavy atom. The molecular formula is C28H23ClF3NO5. The average Bonchev–Trinajstić information content (AvgIpc) is 3.34. The normalized spacial score (nSPS) is 13.4. The van der Waals surface area contributed by atoms with Gasteiger partial charge in [-0.15, -0.1) is 13.2 Å². The summed E-state index contributed by atoms with van der Waals surface area (Å²) in [6.07, 6.45) is -1.38. The van der Waals surface area contributed by atoms with Crippen LogP contribution in [-0.4, -0.2) is 27.4 Å². The lowest BCUT2D eigenvalue weighted by Gasteiger charge is -2.21. The standard InChI is InChI=1S/C28H23F3NO5.ClH/c1-33-23-8-7-19-21(11-16-3-5-18(6-4-16)37-28(29,30)31)26-20-13-25-24(35-15-36-25)12-17(20)9-10-32(26)14-22(19)27(23)34-2;/h3-8,12-14H,9-11,15H2,1-2H3;1H/q+1;/p-1. The topological polar surface area (TPSA) is 50.0 Å². The first-order valence-electron chi connectivity index (χ1n) is 11.7.